The van der Waals surface area contributed by atoms with Gasteiger partial charge in [-0.2, -0.15) is 0 Å². The van der Waals surface area contributed by atoms with E-state index < -0.39 is 18.1 Å². The van der Waals surface area contributed by atoms with E-state index in [4.69, 9.17) is 14.2 Å². The number of allylic oxidation sites excluding steroid dienone is 8. The van der Waals surface area contributed by atoms with Gasteiger partial charge in [-0.1, -0.05) is 184 Å². The molecule has 0 amide bonds. The maximum absolute atomic E-state index is 12.8. The number of carboxylic acids is 1. The molecule has 0 saturated carbocycles. The normalized spacial score (nSPS) is 13.2. The Morgan fingerprint density at radius 3 is 1.35 bits per heavy atom. The average molecular weight is 873 g/mol. The van der Waals surface area contributed by atoms with E-state index in [2.05, 4.69) is 62.5 Å². The van der Waals surface area contributed by atoms with Crippen molar-refractivity contribution in [3.8, 4) is 0 Å². The van der Waals surface area contributed by atoms with E-state index in [-0.39, 0.29) is 36.2 Å². The number of likely N-dealkylation sites (N-methyl/N-ethyl adjacent to an activating group) is 1. The van der Waals surface area contributed by atoms with Crippen LogP contribution >= 0.6 is 0 Å². The zero-order valence-corrected chi connectivity index (χ0v) is 41.1. The van der Waals surface area contributed by atoms with Crippen molar-refractivity contribution in [3.05, 3.63) is 48.6 Å². The van der Waals surface area contributed by atoms with E-state index in [9.17, 15) is 19.5 Å². The monoisotopic (exact) mass is 873 g/mol. The number of rotatable bonds is 46. The first-order valence-electron chi connectivity index (χ1n) is 25.7. The predicted molar refractivity (Wildman–Crippen MR) is 261 cm³/mol. The van der Waals surface area contributed by atoms with Crippen LogP contribution in [-0.4, -0.2) is 80.6 Å². The minimum atomic E-state index is -0.875. The van der Waals surface area contributed by atoms with Gasteiger partial charge >= 0.3 is 17.9 Å². The molecular formula is C54H98NO7+. The van der Waals surface area contributed by atoms with Gasteiger partial charge in [-0.25, -0.2) is 4.79 Å². The van der Waals surface area contributed by atoms with Gasteiger partial charge in [0, 0.05) is 19.3 Å². The standard InChI is InChI=1S/C54H97NO7/c1-6-8-10-12-14-16-18-20-22-23-24-25-26-27-28-29-31-32-34-36-38-40-42-44-52(56)61-49-50(48-60-47-46-51(54(58)59)55(3,4)5)62-53(57)45-43-41-39-37-35-33-30-21-19-17-15-13-11-9-7-2/h8,10,14,16-17,19-20,22,50-51H,6-7,9,11-13,15,18,21,23-49H2,1-5H3/p+1/b10-8+,16-14+,19-17+,22-20+. The highest BCUT2D eigenvalue weighted by molar-refractivity contribution is 5.72. The van der Waals surface area contributed by atoms with Crippen molar-refractivity contribution < 1.29 is 38.2 Å². The fourth-order valence-electron chi connectivity index (χ4n) is 7.51. The second-order valence-electron chi connectivity index (χ2n) is 18.4. The average Bonchev–Trinajstić information content (AvgIpc) is 3.23. The molecular weight excluding hydrogens is 775 g/mol. The lowest BCUT2D eigenvalue weighted by Crippen LogP contribution is -2.50. The number of aliphatic carboxylic acids is 1. The van der Waals surface area contributed by atoms with Crippen molar-refractivity contribution in [1.82, 2.24) is 0 Å². The largest absolute Gasteiger partial charge is 0.477 e. The molecule has 62 heavy (non-hydrogen) atoms. The summed E-state index contributed by atoms with van der Waals surface area (Å²) in [7, 11) is 5.54. The van der Waals surface area contributed by atoms with Crippen molar-refractivity contribution in [3.63, 3.8) is 0 Å². The summed E-state index contributed by atoms with van der Waals surface area (Å²) in [4.78, 5) is 37.1. The van der Waals surface area contributed by atoms with Gasteiger partial charge in [0.15, 0.2) is 12.1 Å². The highest BCUT2D eigenvalue weighted by atomic mass is 16.6. The Morgan fingerprint density at radius 2 is 0.903 bits per heavy atom. The molecule has 0 rings (SSSR count). The van der Waals surface area contributed by atoms with Gasteiger partial charge < -0.3 is 23.8 Å². The molecule has 0 bridgehead atoms. The molecule has 8 heteroatoms. The summed E-state index contributed by atoms with van der Waals surface area (Å²) in [5.41, 5.74) is 0. The fourth-order valence-corrected chi connectivity index (χ4v) is 7.51. The molecule has 0 aliphatic rings. The maximum Gasteiger partial charge on any atom is 0.362 e. The maximum atomic E-state index is 12.8. The number of quaternary nitrogens is 1. The molecule has 1 N–H and O–H groups in total. The van der Waals surface area contributed by atoms with Gasteiger partial charge in [-0.05, 0) is 70.6 Å². The van der Waals surface area contributed by atoms with Gasteiger partial charge in [0.25, 0.3) is 0 Å². The van der Waals surface area contributed by atoms with Crippen LogP contribution in [-0.2, 0) is 28.6 Å². The number of nitrogens with zero attached hydrogens (tertiary/aromatic N) is 1. The van der Waals surface area contributed by atoms with Crippen LogP contribution in [0.1, 0.15) is 226 Å². The van der Waals surface area contributed by atoms with E-state index in [1.165, 1.54) is 135 Å². The molecule has 0 aliphatic heterocycles. The summed E-state index contributed by atoms with van der Waals surface area (Å²) in [5.74, 6) is -1.47. The van der Waals surface area contributed by atoms with E-state index in [1.807, 2.05) is 21.1 Å². The van der Waals surface area contributed by atoms with E-state index >= 15 is 0 Å². The number of hydrogen-bond acceptors (Lipinski definition) is 6. The minimum absolute atomic E-state index is 0.0521. The number of ether oxygens (including phenoxy) is 3. The molecule has 8 nitrogen and oxygen atoms in total. The lowest BCUT2D eigenvalue weighted by atomic mass is 10.0. The third kappa shape index (κ3) is 42.6. The van der Waals surface area contributed by atoms with Gasteiger partial charge in [0.2, 0.25) is 0 Å². The second-order valence-corrected chi connectivity index (χ2v) is 18.4. The number of carboxylic acid groups (broad SMARTS) is 1. The molecule has 0 aliphatic carbocycles. The summed E-state index contributed by atoms with van der Waals surface area (Å²) in [6, 6.07) is -0.615. The number of hydrogen-bond donors (Lipinski definition) is 1. The Labute approximate surface area is 382 Å². The molecule has 2 unspecified atom stereocenters. The predicted octanol–water partition coefficient (Wildman–Crippen LogP) is 14.8. The zero-order chi connectivity index (χ0) is 45.6. The smallest absolute Gasteiger partial charge is 0.362 e. The van der Waals surface area contributed by atoms with Crippen LogP contribution in [0.2, 0.25) is 0 Å². The van der Waals surface area contributed by atoms with Crippen molar-refractivity contribution in [2.24, 2.45) is 0 Å². The Balaban J connectivity index is 4.19. The third-order valence-corrected chi connectivity index (χ3v) is 11.5. The topological polar surface area (TPSA) is 99.1 Å². The lowest BCUT2D eigenvalue weighted by molar-refractivity contribution is -0.887. The Kier molecular flexibility index (Phi) is 42.9. The molecule has 0 fully saturated rings. The summed E-state index contributed by atoms with van der Waals surface area (Å²) >= 11 is 0. The van der Waals surface area contributed by atoms with E-state index in [0.717, 1.165) is 57.8 Å². The number of carbonyl (C=O) groups is 3. The summed E-state index contributed by atoms with van der Waals surface area (Å²) in [6.07, 6.45) is 54.4. The van der Waals surface area contributed by atoms with Crippen LogP contribution in [0.25, 0.3) is 0 Å². The van der Waals surface area contributed by atoms with Gasteiger partial charge in [0.05, 0.1) is 34.4 Å². The molecule has 0 aromatic carbocycles. The van der Waals surface area contributed by atoms with Crippen molar-refractivity contribution >= 4 is 17.9 Å². The zero-order valence-electron chi connectivity index (χ0n) is 41.1. The first kappa shape index (κ1) is 59.3. The SMILES string of the molecule is CC/C=C/C/C=C/C/C=C/CCCCCCCCCCCCCCCC(=O)OCC(COCCC(C(=O)O)[N+](C)(C)C)OC(=O)CCCCCCCCC/C=C/CCCCCC. The van der Waals surface area contributed by atoms with Crippen molar-refractivity contribution in [2.45, 2.75) is 238 Å². The van der Waals surface area contributed by atoms with Crippen LogP contribution in [0.4, 0.5) is 0 Å². The van der Waals surface area contributed by atoms with Crippen molar-refractivity contribution in [1.29, 1.82) is 0 Å². The molecule has 0 heterocycles. The number of carbonyl (C=O) groups excluding carboxylic acids is 2. The van der Waals surface area contributed by atoms with Crippen molar-refractivity contribution in [2.75, 3.05) is 41.0 Å². The Bertz CT molecular complexity index is 1150. The molecule has 360 valence electrons. The molecule has 0 aromatic heterocycles. The summed E-state index contributed by atoms with van der Waals surface area (Å²) in [6.45, 7) is 4.63. The molecule has 0 saturated heterocycles. The molecule has 0 spiro atoms. The minimum Gasteiger partial charge on any atom is -0.477 e. The van der Waals surface area contributed by atoms with Crippen LogP contribution in [0.5, 0.6) is 0 Å². The summed E-state index contributed by atoms with van der Waals surface area (Å²) in [5, 5.41) is 9.65. The fraction of sp³-hybridized carbons (Fsp3) is 0.796. The Morgan fingerprint density at radius 1 is 0.500 bits per heavy atom. The van der Waals surface area contributed by atoms with Gasteiger partial charge in [-0.15, -0.1) is 0 Å². The quantitative estimate of drug-likeness (QED) is 0.0281. The Hall–Kier alpha value is -2.71. The summed E-state index contributed by atoms with van der Waals surface area (Å²) < 4.78 is 17.4. The van der Waals surface area contributed by atoms with E-state index in [1.54, 1.807) is 0 Å². The van der Waals surface area contributed by atoms with Gasteiger partial charge in [0.1, 0.15) is 6.61 Å². The highest BCUT2D eigenvalue weighted by Gasteiger charge is 2.31. The van der Waals surface area contributed by atoms with E-state index in [0.29, 0.717) is 19.3 Å². The first-order valence-corrected chi connectivity index (χ1v) is 25.7. The third-order valence-electron chi connectivity index (χ3n) is 11.5. The van der Waals surface area contributed by atoms with Crippen LogP contribution in [0.3, 0.4) is 0 Å². The van der Waals surface area contributed by atoms with Crippen LogP contribution in [0.15, 0.2) is 48.6 Å². The highest BCUT2D eigenvalue weighted by Crippen LogP contribution is 2.16. The first-order chi connectivity index (χ1) is 30.1. The molecule has 2 atom stereocenters. The van der Waals surface area contributed by atoms with Crippen LogP contribution in [0, 0.1) is 0 Å². The van der Waals surface area contributed by atoms with Crippen LogP contribution < -0.4 is 0 Å². The number of unbranched alkanes of at least 4 members (excludes halogenated alkanes) is 24. The lowest BCUT2D eigenvalue weighted by Gasteiger charge is -2.31. The number of esters is 2. The molecule has 0 radical (unpaired) electrons. The van der Waals surface area contributed by atoms with Gasteiger partial charge in [-0.3, -0.25) is 9.59 Å². The molecule has 0 aromatic rings. The second kappa shape index (κ2) is 44.9.